The molecule has 1 aliphatic heterocycles. The summed E-state index contributed by atoms with van der Waals surface area (Å²) in [7, 11) is 1.77. The van der Waals surface area contributed by atoms with Gasteiger partial charge < -0.3 is 4.90 Å². The molecule has 1 heterocycles. The van der Waals surface area contributed by atoms with Crippen molar-refractivity contribution < 1.29 is 0 Å². The molecule has 3 nitrogen and oxygen atoms in total. The number of nitrogens with zero attached hydrogens (tertiary/aromatic N) is 3. The Kier molecular flexibility index (Phi) is 4.41. The number of alkyl halides is 5. The predicted molar refractivity (Wildman–Crippen MR) is 71.7 cm³/mol. The molecule has 0 aromatic rings. The number of hydrazone groups is 1. The third kappa shape index (κ3) is 2.59. The lowest BCUT2D eigenvalue weighted by molar-refractivity contribution is 0.0988. The molecular formula is C8H12Cl5N3. The molecule has 8 heteroatoms. The highest BCUT2D eigenvalue weighted by Crippen LogP contribution is 2.50. The maximum Gasteiger partial charge on any atom is 0.227 e. The van der Waals surface area contributed by atoms with E-state index >= 15 is 0 Å². The Balaban J connectivity index is 3.02. The van der Waals surface area contributed by atoms with Gasteiger partial charge in [-0.25, -0.2) is 0 Å². The van der Waals surface area contributed by atoms with Gasteiger partial charge in [0.15, 0.2) is 6.17 Å². The molecule has 0 saturated heterocycles. The molecule has 0 aliphatic carbocycles. The van der Waals surface area contributed by atoms with Crippen molar-refractivity contribution >= 4 is 64.3 Å². The number of hydrogen-bond donors (Lipinski definition) is 0. The monoisotopic (exact) mass is 325 g/mol. The lowest BCUT2D eigenvalue weighted by Crippen LogP contribution is -2.57. The highest BCUT2D eigenvalue weighted by atomic mass is 35.6. The molecule has 94 valence electrons. The zero-order valence-corrected chi connectivity index (χ0v) is 12.7. The van der Waals surface area contributed by atoms with E-state index in [0.29, 0.717) is 0 Å². The molecule has 0 N–H and O–H groups in total. The molecule has 0 fully saturated rings. The SMILES string of the molecule is CC(C)N1N=CN(C)C1C(Cl)(Cl)C(Cl)(Cl)Cl. The lowest BCUT2D eigenvalue weighted by Gasteiger charge is -2.41. The van der Waals surface area contributed by atoms with Gasteiger partial charge in [-0.1, -0.05) is 58.0 Å². The summed E-state index contributed by atoms with van der Waals surface area (Å²) in [6, 6.07) is 0.0930. The zero-order chi connectivity index (χ0) is 12.7. The third-order valence-corrected chi connectivity index (χ3v) is 4.67. The van der Waals surface area contributed by atoms with Crippen molar-refractivity contribution in [3.63, 3.8) is 0 Å². The smallest absolute Gasteiger partial charge is 0.227 e. The molecule has 0 spiro atoms. The van der Waals surface area contributed by atoms with Gasteiger partial charge in [0.05, 0.1) is 0 Å². The molecule has 0 saturated carbocycles. The van der Waals surface area contributed by atoms with Gasteiger partial charge in [-0.3, -0.25) is 5.01 Å². The molecule has 1 atom stereocenters. The molecule has 0 aromatic heterocycles. The molecule has 0 radical (unpaired) electrons. The summed E-state index contributed by atoms with van der Waals surface area (Å²) in [5.74, 6) is 0. The van der Waals surface area contributed by atoms with Crippen molar-refractivity contribution in [3.05, 3.63) is 0 Å². The van der Waals surface area contributed by atoms with Crippen molar-refractivity contribution in [2.75, 3.05) is 7.05 Å². The fraction of sp³-hybridized carbons (Fsp3) is 0.875. The Morgan fingerprint density at radius 3 is 2.06 bits per heavy atom. The van der Waals surface area contributed by atoms with Crippen LogP contribution in [0.4, 0.5) is 0 Å². The molecule has 16 heavy (non-hydrogen) atoms. The summed E-state index contributed by atoms with van der Waals surface area (Å²) < 4.78 is -3.40. The Bertz CT molecular complexity index is 286. The summed E-state index contributed by atoms with van der Waals surface area (Å²) in [6.45, 7) is 3.90. The third-order valence-electron chi connectivity index (χ3n) is 2.23. The summed E-state index contributed by atoms with van der Waals surface area (Å²) in [6.07, 6.45) is 1.07. The summed E-state index contributed by atoms with van der Waals surface area (Å²) in [5.41, 5.74) is 0. The van der Waals surface area contributed by atoms with Crippen LogP contribution >= 0.6 is 58.0 Å². The minimum atomic E-state index is -1.81. The van der Waals surface area contributed by atoms with Gasteiger partial charge in [0.25, 0.3) is 0 Å². The van der Waals surface area contributed by atoms with Crippen LogP contribution in [0.5, 0.6) is 0 Å². The van der Waals surface area contributed by atoms with E-state index in [1.807, 2.05) is 13.8 Å². The van der Waals surface area contributed by atoms with Crippen LogP contribution in [0.25, 0.3) is 0 Å². The second kappa shape index (κ2) is 4.77. The topological polar surface area (TPSA) is 18.8 Å². The summed E-state index contributed by atoms with van der Waals surface area (Å²) in [5, 5.41) is 5.86. The lowest BCUT2D eigenvalue weighted by atomic mass is 10.2. The Hall–Kier alpha value is 0.720. The Labute approximate surface area is 120 Å². The quantitative estimate of drug-likeness (QED) is 0.723. The van der Waals surface area contributed by atoms with Crippen LogP contribution in [0, 0.1) is 0 Å². The number of hydrogen-bond acceptors (Lipinski definition) is 3. The second-order valence-electron chi connectivity index (χ2n) is 3.86. The van der Waals surface area contributed by atoms with Crippen molar-refractivity contribution in [3.8, 4) is 0 Å². The fourth-order valence-electron chi connectivity index (χ4n) is 1.44. The highest BCUT2D eigenvalue weighted by Gasteiger charge is 2.57. The Morgan fingerprint density at radius 1 is 1.19 bits per heavy atom. The van der Waals surface area contributed by atoms with Crippen LogP contribution in [0.15, 0.2) is 5.10 Å². The molecule has 0 bridgehead atoms. The van der Waals surface area contributed by atoms with E-state index in [0.717, 1.165) is 0 Å². The van der Waals surface area contributed by atoms with E-state index in [2.05, 4.69) is 5.10 Å². The van der Waals surface area contributed by atoms with Gasteiger partial charge in [0.2, 0.25) is 8.13 Å². The maximum absolute atomic E-state index is 6.16. The maximum atomic E-state index is 6.16. The minimum absolute atomic E-state index is 0.0930. The molecular weight excluding hydrogens is 315 g/mol. The first kappa shape index (κ1) is 14.8. The molecule has 0 amide bonds. The van der Waals surface area contributed by atoms with Gasteiger partial charge in [0.1, 0.15) is 6.34 Å². The Morgan fingerprint density at radius 2 is 1.69 bits per heavy atom. The number of halogens is 5. The minimum Gasteiger partial charge on any atom is -0.340 e. The van der Waals surface area contributed by atoms with Crippen LogP contribution in [0.2, 0.25) is 0 Å². The largest absolute Gasteiger partial charge is 0.340 e. The summed E-state index contributed by atoms with van der Waals surface area (Å²) >= 11 is 29.7. The highest BCUT2D eigenvalue weighted by molar-refractivity contribution is 6.75. The number of rotatable bonds is 2. The normalized spacial score (nSPS) is 22.4. The van der Waals surface area contributed by atoms with Gasteiger partial charge >= 0.3 is 0 Å². The van der Waals surface area contributed by atoms with Crippen LogP contribution in [0.1, 0.15) is 13.8 Å². The summed E-state index contributed by atoms with van der Waals surface area (Å²) in [4.78, 5) is 1.71. The van der Waals surface area contributed by atoms with E-state index in [1.165, 1.54) is 0 Å². The average molecular weight is 327 g/mol. The first-order chi connectivity index (χ1) is 7.09. The van der Waals surface area contributed by atoms with Crippen molar-refractivity contribution in [2.24, 2.45) is 5.10 Å². The van der Waals surface area contributed by atoms with Crippen molar-refractivity contribution in [1.29, 1.82) is 0 Å². The average Bonchev–Trinajstić information content (AvgIpc) is 2.45. The molecule has 1 rings (SSSR count). The second-order valence-corrected chi connectivity index (χ2v) is 7.53. The van der Waals surface area contributed by atoms with Crippen LogP contribution < -0.4 is 0 Å². The van der Waals surface area contributed by atoms with Gasteiger partial charge in [-0.2, -0.15) is 5.10 Å². The van der Waals surface area contributed by atoms with E-state index in [1.54, 1.807) is 23.3 Å². The van der Waals surface area contributed by atoms with E-state index in [9.17, 15) is 0 Å². The molecule has 1 unspecified atom stereocenters. The van der Waals surface area contributed by atoms with Crippen molar-refractivity contribution in [1.82, 2.24) is 9.91 Å². The van der Waals surface area contributed by atoms with Crippen LogP contribution in [0.3, 0.4) is 0 Å². The first-order valence-electron chi connectivity index (χ1n) is 4.58. The van der Waals surface area contributed by atoms with Gasteiger partial charge in [0, 0.05) is 13.1 Å². The zero-order valence-electron chi connectivity index (χ0n) is 8.96. The standard InChI is InChI=1S/C8H12Cl5N3/c1-5(2)16-6(15(3)4-14-16)7(9,10)8(11,12)13/h4-6H,1-3H3. The fourth-order valence-corrected chi connectivity index (χ4v) is 2.24. The van der Waals surface area contributed by atoms with E-state index in [4.69, 9.17) is 58.0 Å². The van der Waals surface area contributed by atoms with E-state index < -0.39 is 14.3 Å². The van der Waals surface area contributed by atoms with Crippen LogP contribution in [-0.4, -0.2) is 43.6 Å². The predicted octanol–water partition coefficient (Wildman–Crippen LogP) is 3.46. The van der Waals surface area contributed by atoms with E-state index in [-0.39, 0.29) is 6.04 Å². The van der Waals surface area contributed by atoms with Crippen molar-refractivity contribution in [2.45, 2.75) is 34.2 Å². The van der Waals surface area contributed by atoms with Gasteiger partial charge in [-0.05, 0) is 13.8 Å². The molecule has 0 aromatic carbocycles. The molecule has 1 aliphatic rings. The van der Waals surface area contributed by atoms with Crippen LogP contribution in [-0.2, 0) is 0 Å². The van der Waals surface area contributed by atoms with Gasteiger partial charge in [-0.15, -0.1) is 0 Å². The first-order valence-corrected chi connectivity index (χ1v) is 6.47.